The molecule has 4 rings (SSSR count). The highest BCUT2D eigenvalue weighted by Crippen LogP contribution is 2.35. The van der Waals surface area contributed by atoms with Crippen molar-refractivity contribution in [2.45, 2.75) is 20.0 Å². The summed E-state index contributed by atoms with van der Waals surface area (Å²) in [6.45, 7) is 6.82. The number of piperazine rings is 1. The highest BCUT2D eigenvalue weighted by Gasteiger charge is 2.36. The summed E-state index contributed by atoms with van der Waals surface area (Å²) < 4.78 is 53.6. The Hall–Kier alpha value is -3.70. The molecule has 0 atom stereocenters. The lowest BCUT2D eigenvalue weighted by Gasteiger charge is -2.36. The molecule has 0 unspecified atom stereocenters. The van der Waals surface area contributed by atoms with Crippen LogP contribution in [0.25, 0.3) is 0 Å². The third-order valence-corrected chi connectivity index (χ3v) is 5.71. The summed E-state index contributed by atoms with van der Waals surface area (Å²) >= 11 is 0. The monoisotopic (exact) mass is 490 g/mol. The Morgan fingerprint density at radius 2 is 1.57 bits per heavy atom. The van der Waals surface area contributed by atoms with E-state index in [9.17, 15) is 17.6 Å². The number of aromatic nitrogens is 4. The van der Waals surface area contributed by atoms with E-state index in [-0.39, 0.29) is 11.6 Å². The third kappa shape index (κ3) is 5.69. The number of nitrogens with one attached hydrogen (secondary N) is 1. The Labute approximate surface area is 200 Å². The summed E-state index contributed by atoms with van der Waals surface area (Å²) in [4.78, 5) is 23.2. The van der Waals surface area contributed by atoms with Crippen molar-refractivity contribution >= 4 is 29.4 Å². The van der Waals surface area contributed by atoms with Gasteiger partial charge in [0.1, 0.15) is 11.6 Å². The van der Waals surface area contributed by atoms with Gasteiger partial charge in [0, 0.05) is 51.2 Å². The van der Waals surface area contributed by atoms with Crippen LogP contribution in [0.4, 0.5) is 46.9 Å². The second-order valence-electron chi connectivity index (χ2n) is 7.91. The van der Waals surface area contributed by atoms with E-state index in [1.807, 2.05) is 23.6 Å². The number of pyridine rings is 1. The first-order valence-electron chi connectivity index (χ1n) is 11.3. The highest BCUT2D eigenvalue weighted by molar-refractivity contribution is 5.57. The fourth-order valence-electron chi connectivity index (χ4n) is 3.85. The average molecular weight is 491 g/mol. The van der Waals surface area contributed by atoms with Crippen molar-refractivity contribution in [3.05, 3.63) is 54.0 Å². The predicted molar refractivity (Wildman–Crippen MR) is 127 cm³/mol. The molecule has 1 aromatic carbocycles. The molecule has 1 N–H and O–H groups in total. The van der Waals surface area contributed by atoms with Crippen molar-refractivity contribution in [2.75, 3.05) is 59.3 Å². The molecule has 3 aromatic rings. The summed E-state index contributed by atoms with van der Waals surface area (Å²) in [5.41, 5.74) is -0.128. The first-order chi connectivity index (χ1) is 16.8. The van der Waals surface area contributed by atoms with Gasteiger partial charge in [-0.1, -0.05) is 0 Å². The van der Waals surface area contributed by atoms with Crippen LogP contribution in [0, 0.1) is 5.82 Å². The molecule has 0 spiro atoms. The normalized spacial score (nSPS) is 14.2. The fraction of sp³-hybridized carbons (Fsp3) is 0.391. The molecule has 2 aromatic heterocycles. The molecule has 1 fully saturated rings. The zero-order valence-corrected chi connectivity index (χ0v) is 19.4. The first kappa shape index (κ1) is 24.4. The zero-order chi connectivity index (χ0) is 25.0. The minimum absolute atomic E-state index is 0.0715. The quantitative estimate of drug-likeness (QED) is 0.491. The number of rotatable bonds is 7. The number of hydrogen-bond donors (Lipinski definition) is 1. The second-order valence-corrected chi connectivity index (χ2v) is 7.91. The van der Waals surface area contributed by atoms with Crippen molar-refractivity contribution in [1.82, 2.24) is 19.9 Å². The molecular weight excluding hydrogens is 464 g/mol. The Kier molecular flexibility index (Phi) is 7.17. The molecule has 1 aliphatic heterocycles. The standard InChI is InChI=1S/C23H26F4N8/c1-3-33(4-2)21-30-20(29-17-9-7-16(24)8-10-17)31-22(32-21)35-14-12-34(13-15-35)19-18(23(25,26)27)6-5-11-28-19/h5-11H,3-4,12-15H2,1-2H3,(H,29,30,31,32). The molecule has 35 heavy (non-hydrogen) atoms. The van der Waals surface area contributed by atoms with Gasteiger partial charge in [0.05, 0.1) is 5.56 Å². The van der Waals surface area contributed by atoms with E-state index in [1.165, 1.54) is 24.4 Å². The van der Waals surface area contributed by atoms with Crippen LogP contribution in [0.3, 0.4) is 0 Å². The van der Waals surface area contributed by atoms with Crippen LogP contribution in [-0.2, 0) is 6.18 Å². The van der Waals surface area contributed by atoms with Crippen LogP contribution in [0.5, 0.6) is 0 Å². The van der Waals surface area contributed by atoms with E-state index in [0.29, 0.717) is 62.8 Å². The van der Waals surface area contributed by atoms with Crippen LogP contribution >= 0.6 is 0 Å². The molecule has 8 nitrogen and oxygen atoms in total. The van der Waals surface area contributed by atoms with E-state index >= 15 is 0 Å². The topological polar surface area (TPSA) is 73.3 Å². The third-order valence-electron chi connectivity index (χ3n) is 5.71. The molecule has 0 aliphatic carbocycles. The summed E-state index contributed by atoms with van der Waals surface area (Å²) in [6, 6.07) is 8.17. The van der Waals surface area contributed by atoms with Gasteiger partial charge in [0.2, 0.25) is 17.8 Å². The molecule has 0 radical (unpaired) electrons. The predicted octanol–water partition coefficient (Wildman–Crippen LogP) is 4.34. The zero-order valence-electron chi connectivity index (χ0n) is 19.4. The lowest BCUT2D eigenvalue weighted by molar-refractivity contribution is -0.137. The number of nitrogens with zero attached hydrogens (tertiary/aromatic N) is 7. The van der Waals surface area contributed by atoms with E-state index in [4.69, 9.17) is 0 Å². The van der Waals surface area contributed by atoms with Crippen LogP contribution in [0.2, 0.25) is 0 Å². The minimum Gasteiger partial charge on any atom is -0.353 e. The van der Waals surface area contributed by atoms with Gasteiger partial charge in [0.25, 0.3) is 0 Å². The van der Waals surface area contributed by atoms with Gasteiger partial charge < -0.3 is 20.0 Å². The average Bonchev–Trinajstić information content (AvgIpc) is 2.86. The number of anilines is 5. The maximum atomic E-state index is 13.4. The molecule has 0 saturated carbocycles. The molecule has 12 heteroatoms. The van der Waals surface area contributed by atoms with E-state index < -0.39 is 11.7 Å². The highest BCUT2D eigenvalue weighted by atomic mass is 19.4. The SMILES string of the molecule is CCN(CC)c1nc(Nc2ccc(F)cc2)nc(N2CCN(c3ncccc3C(F)(F)F)CC2)n1. The van der Waals surface area contributed by atoms with Gasteiger partial charge in [-0.3, -0.25) is 0 Å². The minimum atomic E-state index is -4.48. The molecule has 0 bridgehead atoms. The van der Waals surface area contributed by atoms with Crippen molar-refractivity contribution in [3.8, 4) is 0 Å². The van der Waals surface area contributed by atoms with Gasteiger partial charge >= 0.3 is 6.18 Å². The largest absolute Gasteiger partial charge is 0.419 e. The Morgan fingerprint density at radius 3 is 2.20 bits per heavy atom. The maximum absolute atomic E-state index is 13.4. The summed E-state index contributed by atoms with van der Waals surface area (Å²) in [5.74, 6) is 0.780. The summed E-state index contributed by atoms with van der Waals surface area (Å²) in [5, 5.41) is 3.09. The maximum Gasteiger partial charge on any atom is 0.419 e. The van der Waals surface area contributed by atoms with E-state index in [0.717, 1.165) is 6.07 Å². The van der Waals surface area contributed by atoms with Gasteiger partial charge in [-0.25, -0.2) is 9.37 Å². The number of halogens is 4. The molecule has 186 valence electrons. The van der Waals surface area contributed by atoms with Gasteiger partial charge in [0.15, 0.2) is 0 Å². The van der Waals surface area contributed by atoms with E-state index in [2.05, 4.69) is 25.3 Å². The Balaban J connectivity index is 1.57. The lowest BCUT2D eigenvalue weighted by atomic mass is 10.2. The van der Waals surface area contributed by atoms with Crippen molar-refractivity contribution < 1.29 is 17.6 Å². The Morgan fingerprint density at radius 1 is 0.914 bits per heavy atom. The molecule has 1 aliphatic rings. The smallest absolute Gasteiger partial charge is 0.353 e. The van der Waals surface area contributed by atoms with Crippen LogP contribution in [0.1, 0.15) is 19.4 Å². The summed E-state index contributed by atoms with van der Waals surface area (Å²) in [6.07, 6.45) is -3.11. The van der Waals surface area contributed by atoms with Crippen LogP contribution < -0.4 is 20.0 Å². The second kappa shape index (κ2) is 10.3. The molecule has 3 heterocycles. The van der Waals surface area contributed by atoms with Gasteiger partial charge in [-0.15, -0.1) is 0 Å². The van der Waals surface area contributed by atoms with Crippen molar-refractivity contribution in [3.63, 3.8) is 0 Å². The summed E-state index contributed by atoms with van der Waals surface area (Å²) in [7, 11) is 0. The number of hydrogen-bond acceptors (Lipinski definition) is 8. The number of alkyl halides is 3. The van der Waals surface area contributed by atoms with Gasteiger partial charge in [-0.2, -0.15) is 28.1 Å². The first-order valence-corrected chi connectivity index (χ1v) is 11.3. The van der Waals surface area contributed by atoms with Crippen molar-refractivity contribution in [1.29, 1.82) is 0 Å². The molecule has 0 amide bonds. The lowest BCUT2D eigenvalue weighted by Crippen LogP contribution is -2.48. The molecule has 1 saturated heterocycles. The van der Waals surface area contributed by atoms with Crippen molar-refractivity contribution in [2.24, 2.45) is 0 Å². The fourth-order valence-corrected chi connectivity index (χ4v) is 3.85. The van der Waals surface area contributed by atoms with Crippen LogP contribution in [0.15, 0.2) is 42.6 Å². The number of benzene rings is 1. The van der Waals surface area contributed by atoms with E-state index in [1.54, 1.807) is 17.0 Å². The molecular formula is C23H26F4N8. The Bertz CT molecular complexity index is 1130. The van der Waals surface area contributed by atoms with Gasteiger partial charge in [-0.05, 0) is 50.2 Å². The van der Waals surface area contributed by atoms with Crippen LogP contribution in [-0.4, -0.2) is 59.2 Å².